The van der Waals surface area contributed by atoms with E-state index in [1.54, 1.807) is 24.3 Å². The molecule has 0 aromatic heterocycles. The Morgan fingerprint density at radius 2 is 0.800 bits per heavy atom. The van der Waals surface area contributed by atoms with Crippen molar-refractivity contribution in [3.63, 3.8) is 0 Å². The zero-order valence-electron chi connectivity index (χ0n) is 17.1. The Morgan fingerprint density at radius 1 is 0.500 bits per heavy atom. The minimum Gasteiger partial charge on any atom is -0.247 e. The molecule has 4 rings (SSSR count). The van der Waals surface area contributed by atoms with Crippen molar-refractivity contribution in [1.82, 2.24) is 0 Å². The van der Waals surface area contributed by atoms with Gasteiger partial charge in [0, 0.05) is 11.1 Å². The second kappa shape index (κ2) is 9.36. The van der Waals surface area contributed by atoms with Gasteiger partial charge in [-0.1, -0.05) is 48.5 Å². The van der Waals surface area contributed by atoms with Crippen molar-refractivity contribution in [2.45, 2.75) is 75.5 Å². The average molecular weight is 417 g/mol. The van der Waals surface area contributed by atoms with Gasteiger partial charge in [-0.2, -0.15) is 0 Å². The molecule has 0 aliphatic heterocycles. The quantitative estimate of drug-likeness (QED) is 0.346. The van der Waals surface area contributed by atoms with Crippen molar-refractivity contribution in [2.24, 2.45) is 0 Å². The van der Waals surface area contributed by atoms with E-state index in [0.29, 0.717) is 37.5 Å². The Kier molecular flexibility index (Phi) is 6.60. The third-order valence-electron chi connectivity index (χ3n) is 6.78. The normalized spacial score (nSPS) is 28.1. The summed E-state index contributed by atoms with van der Waals surface area (Å²) in [5, 5.41) is 0. The number of rotatable bonds is 4. The predicted octanol–water partition coefficient (Wildman–Crippen LogP) is 8.44. The van der Waals surface area contributed by atoms with E-state index in [0.717, 1.165) is 36.8 Å². The number of hydrogen-bond donors (Lipinski definition) is 0. The van der Waals surface area contributed by atoms with Crippen LogP contribution in [0.15, 0.2) is 48.5 Å². The summed E-state index contributed by atoms with van der Waals surface area (Å²) in [6.07, 6.45) is 4.06. The Balaban J connectivity index is 1.46. The molecule has 2 aromatic carbocycles. The molecule has 0 unspecified atom stereocenters. The second-order valence-electron chi connectivity index (χ2n) is 8.77. The van der Waals surface area contributed by atoms with Crippen LogP contribution < -0.4 is 0 Å². The summed E-state index contributed by atoms with van der Waals surface area (Å²) in [7, 11) is 0. The van der Waals surface area contributed by atoms with Crippen LogP contribution in [-0.4, -0.2) is 12.3 Å². The lowest BCUT2D eigenvalue weighted by atomic mass is 9.83. The van der Waals surface area contributed by atoms with E-state index in [1.165, 1.54) is 0 Å². The van der Waals surface area contributed by atoms with Crippen LogP contribution in [0.5, 0.6) is 0 Å². The average Bonchev–Trinajstić information content (AvgIpc) is 2.79. The number of hydrogen-bond acceptors (Lipinski definition) is 0. The molecule has 2 aromatic rings. The molecule has 2 aliphatic carbocycles. The third kappa shape index (κ3) is 4.79. The van der Waals surface area contributed by atoms with Gasteiger partial charge in [0.25, 0.3) is 0 Å². The summed E-state index contributed by atoms with van der Waals surface area (Å²) in [6, 6.07) is 13.7. The fourth-order valence-electron chi connectivity index (χ4n) is 4.83. The molecule has 0 nitrogen and oxygen atoms in total. The fraction of sp³-hybridized carbons (Fsp3) is 0.462. The van der Waals surface area contributed by atoms with Gasteiger partial charge in [0.2, 0.25) is 0 Å². The van der Waals surface area contributed by atoms with Crippen molar-refractivity contribution < 1.29 is 17.6 Å². The Labute approximate surface area is 176 Å². The van der Waals surface area contributed by atoms with Crippen LogP contribution in [0, 0.1) is 0 Å². The molecule has 2 aliphatic rings. The molecular formula is C26H28F4. The van der Waals surface area contributed by atoms with E-state index in [4.69, 9.17) is 0 Å². The highest BCUT2D eigenvalue weighted by Crippen LogP contribution is 2.37. The Morgan fingerprint density at radius 3 is 1.10 bits per heavy atom. The van der Waals surface area contributed by atoms with Gasteiger partial charge in [0.05, 0.1) is 0 Å². The largest absolute Gasteiger partial charge is 0.247 e. The van der Waals surface area contributed by atoms with E-state index in [-0.39, 0.29) is 11.1 Å². The van der Waals surface area contributed by atoms with E-state index in [2.05, 4.69) is 0 Å². The molecule has 160 valence electrons. The first-order chi connectivity index (χ1) is 14.5. The highest BCUT2D eigenvalue weighted by Gasteiger charge is 2.23. The summed E-state index contributed by atoms with van der Waals surface area (Å²) in [5.74, 6) is -1.16. The standard InChI is InChI=1S/C26H28F4/c27-23-13-9-19(10-14-23)17-1-5-21(6-2-17)25(29)26(30)22-7-3-18(4-8-22)20-11-15-24(28)16-12-20/h1-8,19-20,23-24H,9-16H2/b26-25+. The summed E-state index contributed by atoms with van der Waals surface area (Å²) in [5.41, 5.74) is 2.54. The summed E-state index contributed by atoms with van der Waals surface area (Å²) < 4.78 is 56.2. The summed E-state index contributed by atoms with van der Waals surface area (Å²) in [6.45, 7) is 0. The van der Waals surface area contributed by atoms with Crippen LogP contribution in [0.25, 0.3) is 11.7 Å². The smallest absolute Gasteiger partial charge is 0.166 e. The van der Waals surface area contributed by atoms with E-state index >= 15 is 0 Å². The summed E-state index contributed by atoms with van der Waals surface area (Å²) >= 11 is 0. The zero-order chi connectivity index (χ0) is 21.1. The SMILES string of the molecule is F/C(=C(/F)c1ccc(C2CCC(F)CC2)cc1)c1ccc(C2CCC(F)CC2)cc1. The van der Waals surface area contributed by atoms with Gasteiger partial charge in [0.1, 0.15) is 12.3 Å². The van der Waals surface area contributed by atoms with Crippen molar-refractivity contribution >= 4 is 11.7 Å². The lowest BCUT2D eigenvalue weighted by molar-refractivity contribution is 0.235. The zero-order valence-corrected chi connectivity index (χ0v) is 17.1. The molecule has 4 heteroatoms. The van der Waals surface area contributed by atoms with Gasteiger partial charge in [-0.05, 0) is 74.3 Å². The van der Waals surface area contributed by atoms with Crippen LogP contribution >= 0.6 is 0 Å². The highest BCUT2D eigenvalue weighted by atomic mass is 19.2. The van der Waals surface area contributed by atoms with E-state index in [9.17, 15) is 17.6 Å². The van der Waals surface area contributed by atoms with Gasteiger partial charge in [-0.3, -0.25) is 0 Å². The van der Waals surface area contributed by atoms with Crippen molar-refractivity contribution in [3.8, 4) is 0 Å². The van der Waals surface area contributed by atoms with Crippen LogP contribution in [0.4, 0.5) is 17.6 Å². The maximum Gasteiger partial charge on any atom is 0.166 e. The minimum atomic E-state index is -0.875. The lowest BCUT2D eigenvalue weighted by Crippen LogP contribution is -2.13. The Hall–Kier alpha value is -2.10. The topological polar surface area (TPSA) is 0 Å². The molecule has 0 spiro atoms. The first-order valence-corrected chi connectivity index (χ1v) is 11.1. The van der Waals surface area contributed by atoms with E-state index < -0.39 is 24.0 Å². The van der Waals surface area contributed by atoms with Gasteiger partial charge in [-0.15, -0.1) is 0 Å². The van der Waals surface area contributed by atoms with Crippen LogP contribution in [0.3, 0.4) is 0 Å². The maximum atomic E-state index is 14.8. The van der Waals surface area contributed by atoms with Gasteiger partial charge < -0.3 is 0 Å². The molecule has 2 fully saturated rings. The maximum absolute atomic E-state index is 14.8. The van der Waals surface area contributed by atoms with Crippen LogP contribution in [0.1, 0.15) is 85.5 Å². The molecule has 0 N–H and O–H groups in total. The molecule has 0 saturated heterocycles. The third-order valence-corrected chi connectivity index (χ3v) is 6.78. The Bertz CT molecular complexity index is 779. The monoisotopic (exact) mass is 416 g/mol. The highest BCUT2D eigenvalue weighted by molar-refractivity contribution is 5.83. The number of halogens is 4. The second-order valence-corrected chi connectivity index (χ2v) is 8.77. The van der Waals surface area contributed by atoms with Gasteiger partial charge in [-0.25, -0.2) is 17.6 Å². The number of benzene rings is 2. The molecular weight excluding hydrogens is 388 g/mol. The van der Waals surface area contributed by atoms with Crippen molar-refractivity contribution in [2.75, 3.05) is 0 Å². The van der Waals surface area contributed by atoms with Crippen molar-refractivity contribution in [1.29, 1.82) is 0 Å². The molecule has 0 atom stereocenters. The molecule has 0 amide bonds. The first kappa shape index (κ1) is 21.1. The molecule has 0 radical (unpaired) electrons. The van der Waals surface area contributed by atoms with Crippen LogP contribution in [-0.2, 0) is 0 Å². The predicted molar refractivity (Wildman–Crippen MR) is 114 cm³/mol. The molecule has 0 heterocycles. The van der Waals surface area contributed by atoms with E-state index in [1.807, 2.05) is 24.3 Å². The minimum absolute atomic E-state index is 0.209. The van der Waals surface area contributed by atoms with Crippen molar-refractivity contribution in [3.05, 3.63) is 70.8 Å². The van der Waals surface area contributed by atoms with Gasteiger partial charge >= 0.3 is 0 Å². The summed E-state index contributed by atoms with van der Waals surface area (Å²) in [4.78, 5) is 0. The van der Waals surface area contributed by atoms with Gasteiger partial charge in [0.15, 0.2) is 11.7 Å². The molecule has 2 saturated carbocycles. The fourth-order valence-corrected chi connectivity index (χ4v) is 4.83. The molecule has 30 heavy (non-hydrogen) atoms. The van der Waals surface area contributed by atoms with Crippen LogP contribution in [0.2, 0.25) is 0 Å². The number of alkyl halides is 2. The molecule has 0 bridgehead atoms. The lowest BCUT2D eigenvalue weighted by Gasteiger charge is -2.24. The first-order valence-electron chi connectivity index (χ1n) is 11.1.